The van der Waals surface area contributed by atoms with E-state index in [1.807, 2.05) is 11.3 Å². The van der Waals surface area contributed by atoms with Gasteiger partial charge in [-0.25, -0.2) is 0 Å². The average molecular weight is 273 g/mol. The summed E-state index contributed by atoms with van der Waals surface area (Å²) in [6.07, 6.45) is 2.10. The Balaban J connectivity index is 2.78. The Morgan fingerprint density at radius 3 is 2.85 bits per heavy atom. The van der Waals surface area contributed by atoms with Crippen molar-refractivity contribution < 1.29 is 0 Å². The highest BCUT2D eigenvalue weighted by atomic mass is 79.9. The van der Waals surface area contributed by atoms with Crippen LogP contribution in [0.15, 0.2) is 27.6 Å². The minimum atomic E-state index is 1.24. The molecule has 0 aliphatic rings. The number of fused-ring (bicyclic) bond motifs is 1. The molecule has 2 aromatic rings. The number of thiophene rings is 1. The molecule has 0 saturated heterocycles. The lowest BCUT2D eigenvalue weighted by Crippen LogP contribution is -1.73. The van der Waals surface area contributed by atoms with E-state index in [0.717, 1.165) is 0 Å². The van der Waals surface area contributed by atoms with Gasteiger partial charge in [0, 0.05) is 24.3 Å². The summed E-state index contributed by atoms with van der Waals surface area (Å²) >= 11 is 7.26. The van der Waals surface area contributed by atoms with Crippen LogP contribution in [0.1, 0.15) is 4.88 Å². The Morgan fingerprint density at radius 1 is 1.38 bits per heavy atom. The first-order valence-corrected chi connectivity index (χ1v) is 6.78. The second-order valence-corrected chi connectivity index (χ2v) is 5.78. The highest BCUT2D eigenvalue weighted by molar-refractivity contribution is 9.10. The molecule has 0 atom stereocenters. The number of thioether (sulfide) groups is 1. The van der Waals surface area contributed by atoms with Gasteiger partial charge in [0.15, 0.2) is 0 Å². The molecule has 1 aromatic carbocycles. The number of aryl methyl sites for hydroxylation is 1. The molecule has 2 rings (SSSR count). The molecule has 0 nitrogen and oxygen atoms in total. The fraction of sp³-hybridized carbons (Fsp3) is 0.200. The average Bonchev–Trinajstić information content (AvgIpc) is 2.47. The van der Waals surface area contributed by atoms with Crippen molar-refractivity contribution in [1.29, 1.82) is 0 Å². The van der Waals surface area contributed by atoms with Gasteiger partial charge in [-0.15, -0.1) is 23.1 Å². The van der Waals surface area contributed by atoms with Crippen LogP contribution in [-0.2, 0) is 0 Å². The molecule has 1 aromatic heterocycles. The predicted molar refractivity (Wildman–Crippen MR) is 66.0 cm³/mol. The van der Waals surface area contributed by atoms with Gasteiger partial charge < -0.3 is 0 Å². The third-order valence-corrected chi connectivity index (χ3v) is 4.86. The number of rotatable bonds is 1. The highest BCUT2D eigenvalue weighted by Gasteiger charge is 2.06. The van der Waals surface area contributed by atoms with Crippen LogP contribution >= 0.6 is 39.0 Å². The minimum absolute atomic E-state index is 1.24. The molecule has 0 radical (unpaired) electrons. The third-order valence-electron chi connectivity index (χ3n) is 1.94. The van der Waals surface area contributed by atoms with Gasteiger partial charge in [0.1, 0.15) is 0 Å². The van der Waals surface area contributed by atoms with Crippen LogP contribution in [0.2, 0.25) is 0 Å². The molecule has 0 N–H and O–H groups in total. The number of halogens is 1. The lowest BCUT2D eigenvalue weighted by atomic mass is 10.2. The molecular weight excluding hydrogens is 264 g/mol. The molecule has 0 saturated carbocycles. The maximum Gasteiger partial charge on any atom is 0.0398 e. The molecule has 0 bridgehead atoms. The van der Waals surface area contributed by atoms with E-state index in [1.165, 1.54) is 24.3 Å². The summed E-state index contributed by atoms with van der Waals surface area (Å²) in [4.78, 5) is 2.68. The van der Waals surface area contributed by atoms with Gasteiger partial charge in [0.05, 0.1) is 0 Å². The molecule has 68 valence electrons. The summed E-state index contributed by atoms with van der Waals surface area (Å²) in [6.45, 7) is 2.15. The quantitative estimate of drug-likeness (QED) is 0.679. The zero-order valence-electron chi connectivity index (χ0n) is 7.43. The van der Waals surface area contributed by atoms with E-state index in [2.05, 4.69) is 47.3 Å². The molecule has 0 spiro atoms. The summed E-state index contributed by atoms with van der Waals surface area (Å²) < 4.78 is 2.60. The first kappa shape index (κ1) is 9.56. The molecule has 0 amide bonds. The lowest BCUT2D eigenvalue weighted by Gasteiger charge is -2.00. The van der Waals surface area contributed by atoms with Crippen molar-refractivity contribution in [3.05, 3.63) is 27.5 Å². The highest BCUT2D eigenvalue weighted by Crippen LogP contribution is 2.36. The third kappa shape index (κ3) is 1.65. The topological polar surface area (TPSA) is 0 Å². The second-order valence-electron chi connectivity index (χ2n) is 2.85. The van der Waals surface area contributed by atoms with Crippen LogP contribution in [0, 0.1) is 6.92 Å². The minimum Gasteiger partial charge on any atom is -0.141 e. The molecule has 3 heteroatoms. The number of hydrogen-bond acceptors (Lipinski definition) is 2. The van der Waals surface area contributed by atoms with Crippen molar-refractivity contribution in [2.75, 3.05) is 6.26 Å². The Hall–Kier alpha value is 0.01000. The Bertz CT molecular complexity index is 445. The van der Waals surface area contributed by atoms with Crippen LogP contribution in [0.5, 0.6) is 0 Å². The fourth-order valence-corrected chi connectivity index (χ4v) is 3.84. The number of hydrogen-bond donors (Lipinski definition) is 0. The summed E-state index contributed by atoms with van der Waals surface area (Å²) in [7, 11) is 0. The monoisotopic (exact) mass is 272 g/mol. The first-order valence-electron chi connectivity index (χ1n) is 3.95. The van der Waals surface area contributed by atoms with Crippen LogP contribution < -0.4 is 0 Å². The van der Waals surface area contributed by atoms with Crippen molar-refractivity contribution in [2.45, 2.75) is 11.8 Å². The van der Waals surface area contributed by atoms with E-state index in [9.17, 15) is 0 Å². The first-order chi connectivity index (χ1) is 6.22. The molecule has 0 aliphatic heterocycles. The lowest BCUT2D eigenvalue weighted by molar-refractivity contribution is 1.47. The summed E-state index contributed by atoms with van der Waals surface area (Å²) in [6, 6.07) is 6.61. The van der Waals surface area contributed by atoms with Gasteiger partial charge >= 0.3 is 0 Å². The normalized spacial score (nSPS) is 11.0. The summed E-state index contributed by atoms with van der Waals surface area (Å²) in [5, 5.41) is 1.34. The van der Waals surface area contributed by atoms with E-state index >= 15 is 0 Å². The smallest absolute Gasteiger partial charge is 0.0398 e. The van der Waals surface area contributed by atoms with Crippen LogP contribution in [0.3, 0.4) is 0 Å². The van der Waals surface area contributed by atoms with Crippen molar-refractivity contribution >= 4 is 49.1 Å². The van der Waals surface area contributed by atoms with Gasteiger partial charge in [-0.3, -0.25) is 0 Å². The summed E-state index contributed by atoms with van der Waals surface area (Å²) in [5.41, 5.74) is 0. The molecule has 13 heavy (non-hydrogen) atoms. The summed E-state index contributed by atoms with van der Waals surface area (Å²) in [5.74, 6) is 0. The van der Waals surface area contributed by atoms with Crippen molar-refractivity contribution in [3.63, 3.8) is 0 Å². The van der Waals surface area contributed by atoms with E-state index in [-0.39, 0.29) is 0 Å². The fourth-order valence-electron chi connectivity index (χ4n) is 1.34. The zero-order valence-corrected chi connectivity index (χ0v) is 10.6. The van der Waals surface area contributed by atoms with Crippen molar-refractivity contribution in [2.24, 2.45) is 0 Å². The molecular formula is C10H9BrS2. The standard InChI is InChI=1S/C10H9BrS2/c1-6-5-7-8(13-6)3-4-9(12-2)10(7)11/h3-5H,1-2H3. The SMILES string of the molecule is CSc1ccc2sc(C)cc2c1Br. The zero-order chi connectivity index (χ0) is 9.42. The van der Waals surface area contributed by atoms with Gasteiger partial charge in [-0.1, -0.05) is 0 Å². The Morgan fingerprint density at radius 2 is 2.15 bits per heavy atom. The molecule has 0 unspecified atom stereocenters. The predicted octanol–water partition coefficient (Wildman–Crippen LogP) is 4.69. The largest absolute Gasteiger partial charge is 0.141 e. The van der Waals surface area contributed by atoms with E-state index in [0.29, 0.717) is 0 Å². The van der Waals surface area contributed by atoms with Crippen LogP contribution in [0.4, 0.5) is 0 Å². The van der Waals surface area contributed by atoms with Crippen LogP contribution in [-0.4, -0.2) is 6.26 Å². The molecule has 0 fully saturated rings. The van der Waals surface area contributed by atoms with Crippen molar-refractivity contribution in [1.82, 2.24) is 0 Å². The molecule has 0 aliphatic carbocycles. The van der Waals surface area contributed by atoms with E-state index < -0.39 is 0 Å². The van der Waals surface area contributed by atoms with Crippen LogP contribution in [0.25, 0.3) is 10.1 Å². The maximum atomic E-state index is 3.64. The van der Waals surface area contributed by atoms with Crippen molar-refractivity contribution in [3.8, 4) is 0 Å². The second kappa shape index (κ2) is 3.64. The van der Waals surface area contributed by atoms with E-state index in [1.54, 1.807) is 11.8 Å². The van der Waals surface area contributed by atoms with Gasteiger partial charge in [0.2, 0.25) is 0 Å². The van der Waals surface area contributed by atoms with Gasteiger partial charge in [-0.05, 0) is 47.3 Å². The maximum absolute atomic E-state index is 3.64. The van der Waals surface area contributed by atoms with Gasteiger partial charge in [-0.2, -0.15) is 0 Å². The Kier molecular flexibility index (Phi) is 2.67. The number of benzene rings is 1. The van der Waals surface area contributed by atoms with E-state index in [4.69, 9.17) is 0 Å². The Labute approximate surface area is 94.5 Å². The van der Waals surface area contributed by atoms with Gasteiger partial charge in [0.25, 0.3) is 0 Å². The molecule has 1 heterocycles.